The molecule has 6 nitrogen and oxygen atoms in total. The molecule has 4 fully saturated rings. The lowest BCUT2D eigenvalue weighted by Crippen LogP contribution is -2.45. The molecule has 4 aliphatic heterocycles. The molecule has 1 aromatic carbocycles. The molecular weight excluding hydrogens is 416 g/mol. The van der Waals surface area contributed by atoms with Crippen LogP contribution >= 0.6 is 0 Å². The molecule has 1 amide bonds. The molecule has 1 spiro atoms. The summed E-state index contributed by atoms with van der Waals surface area (Å²) in [5.74, 6) is 2.31. The van der Waals surface area contributed by atoms with Gasteiger partial charge in [0.2, 0.25) is 5.91 Å². The summed E-state index contributed by atoms with van der Waals surface area (Å²) >= 11 is 0. The van der Waals surface area contributed by atoms with E-state index in [1.807, 2.05) is 6.07 Å². The number of likely N-dealkylation sites (tertiary alicyclic amines) is 2. The van der Waals surface area contributed by atoms with E-state index in [0.717, 1.165) is 84.0 Å². The van der Waals surface area contributed by atoms with Crippen molar-refractivity contribution in [2.24, 2.45) is 17.3 Å². The van der Waals surface area contributed by atoms with Gasteiger partial charge >= 0.3 is 0 Å². The van der Waals surface area contributed by atoms with Gasteiger partial charge < -0.3 is 19.1 Å². The van der Waals surface area contributed by atoms with E-state index in [-0.39, 0.29) is 18.1 Å². The second-order valence-electron chi connectivity index (χ2n) is 11.0. The molecule has 0 aliphatic carbocycles. The second-order valence-corrected chi connectivity index (χ2v) is 11.0. The van der Waals surface area contributed by atoms with Crippen molar-refractivity contribution in [1.82, 2.24) is 9.80 Å². The number of fused-ring (bicyclic) bond motifs is 1. The number of hydrogen-bond donors (Lipinski definition) is 0. The van der Waals surface area contributed by atoms with Crippen LogP contribution in [0.25, 0.3) is 0 Å². The van der Waals surface area contributed by atoms with E-state index in [9.17, 15) is 4.79 Å². The first-order valence-corrected chi connectivity index (χ1v) is 13.0. The number of ether oxygens (including phenoxy) is 3. The van der Waals surface area contributed by atoms with E-state index in [0.29, 0.717) is 23.7 Å². The van der Waals surface area contributed by atoms with Crippen molar-refractivity contribution in [2.75, 3.05) is 46.0 Å². The number of benzene rings is 1. The van der Waals surface area contributed by atoms with Gasteiger partial charge in [0.05, 0.1) is 31.8 Å². The number of hydrogen-bond acceptors (Lipinski definition) is 5. The summed E-state index contributed by atoms with van der Waals surface area (Å²) in [5.41, 5.74) is 1.60. The Morgan fingerprint density at radius 3 is 2.76 bits per heavy atom. The molecule has 3 atom stereocenters. The van der Waals surface area contributed by atoms with Gasteiger partial charge in [0.1, 0.15) is 5.75 Å². The standard InChI is InChI=1S/C27H40N2O4/c1-20(2)33-24-6-4-3-5-21(24)16-28-11-7-23-22(17-28)18-32-25(23)15-26(30)29-12-8-27(9-13-29)10-14-31-19-27/h3-6,20,22-23,25H,7-19H2,1-2H3/t22-,23-,25+/m1/s1. The molecule has 0 radical (unpaired) electrons. The fourth-order valence-electron chi connectivity index (χ4n) is 6.34. The van der Waals surface area contributed by atoms with E-state index in [2.05, 4.69) is 41.8 Å². The maximum absolute atomic E-state index is 13.1. The molecule has 4 saturated heterocycles. The Bertz CT molecular complexity index is 812. The highest BCUT2D eigenvalue weighted by Crippen LogP contribution is 2.40. The Kier molecular flexibility index (Phi) is 6.96. The zero-order valence-electron chi connectivity index (χ0n) is 20.3. The van der Waals surface area contributed by atoms with Crippen LogP contribution in [-0.4, -0.2) is 73.9 Å². The van der Waals surface area contributed by atoms with Crippen molar-refractivity contribution in [3.63, 3.8) is 0 Å². The third kappa shape index (κ3) is 5.23. The summed E-state index contributed by atoms with van der Waals surface area (Å²) in [6.45, 7) is 11.5. The lowest BCUT2D eigenvalue weighted by molar-refractivity contribution is -0.136. The van der Waals surface area contributed by atoms with Crippen molar-refractivity contribution in [3.05, 3.63) is 29.8 Å². The van der Waals surface area contributed by atoms with Crippen LogP contribution in [0.1, 0.15) is 51.5 Å². The molecule has 0 saturated carbocycles. The molecule has 0 aromatic heterocycles. The molecule has 33 heavy (non-hydrogen) atoms. The SMILES string of the molecule is CC(C)Oc1ccccc1CN1CC[C@@H]2[C@@H](CO[C@H]2CC(=O)N2CCC3(CCOC3)CC2)C1. The summed E-state index contributed by atoms with van der Waals surface area (Å²) < 4.78 is 17.9. The number of amides is 1. The minimum atomic E-state index is 0.0897. The molecule has 6 heteroatoms. The quantitative estimate of drug-likeness (QED) is 0.653. The monoisotopic (exact) mass is 456 g/mol. The van der Waals surface area contributed by atoms with Crippen molar-refractivity contribution in [1.29, 1.82) is 0 Å². The fourth-order valence-corrected chi connectivity index (χ4v) is 6.34. The Morgan fingerprint density at radius 1 is 1.18 bits per heavy atom. The largest absolute Gasteiger partial charge is 0.491 e. The number of rotatable bonds is 6. The maximum atomic E-state index is 13.1. The normalized spacial score (nSPS) is 29.5. The van der Waals surface area contributed by atoms with Gasteiger partial charge in [-0.15, -0.1) is 0 Å². The van der Waals surface area contributed by atoms with Crippen LogP contribution in [0.5, 0.6) is 5.75 Å². The topological polar surface area (TPSA) is 51.2 Å². The minimum Gasteiger partial charge on any atom is -0.491 e. The van der Waals surface area contributed by atoms with Gasteiger partial charge in [-0.25, -0.2) is 0 Å². The Morgan fingerprint density at radius 2 is 2.00 bits per heavy atom. The molecule has 0 bridgehead atoms. The molecular formula is C27H40N2O4. The van der Waals surface area contributed by atoms with Gasteiger partial charge in [-0.05, 0) is 63.5 Å². The number of nitrogens with zero attached hydrogens (tertiary/aromatic N) is 2. The average molecular weight is 457 g/mol. The van der Waals surface area contributed by atoms with Crippen LogP contribution in [0, 0.1) is 17.3 Å². The van der Waals surface area contributed by atoms with Crippen molar-refractivity contribution < 1.29 is 19.0 Å². The zero-order valence-corrected chi connectivity index (χ0v) is 20.3. The van der Waals surface area contributed by atoms with Gasteiger partial charge in [-0.3, -0.25) is 9.69 Å². The smallest absolute Gasteiger partial charge is 0.225 e. The number of para-hydroxylation sites is 1. The summed E-state index contributed by atoms with van der Waals surface area (Å²) in [6.07, 6.45) is 5.27. The van der Waals surface area contributed by atoms with Crippen LogP contribution in [0.2, 0.25) is 0 Å². The first kappa shape index (κ1) is 23.1. The van der Waals surface area contributed by atoms with E-state index in [1.165, 1.54) is 5.56 Å². The van der Waals surface area contributed by atoms with E-state index >= 15 is 0 Å². The highest BCUT2D eigenvalue weighted by Gasteiger charge is 2.43. The fraction of sp³-hybridized carbons (Fsp3) is 0.741. The summed E-state index contributed by atoms with van der Waals surface area (Å²) in [7, 11) is 0. The van der Waals surface area contributed by atoms with Gasteiger partial charge in [0.25, 0.3) is 0 Å². The third-order valence-electron chi connectivity index (χ3n) is 8.35. The van der Waals surface area contributed by atoms with Gasteiger partial charge in [-0.2, -0.15) is 0 Å². The zero-order chi connectivity index (χ0) is 22.8. The number of carbonyl (C=O) groups is 1. The van der Waals surface area contributed by atoms with Crippen LogP contribution in [0.4, 0.5) is 0 Å². The molecule has 0 unspecified atom stereocenters. The predicted octanol–water partition coefficient (Wildman–Crippen LogP) is 3.73. The molecule has 4 heterocycles. The summed E-state index contributed by atoms with van der Waals surface area (Å²) in [4.78, 5) is 17.7. The van der Waals surface area contributed by atoms with Gasteiger partial charge in [0.15, 0.2) is 0 Å². The molecule has 1 aromatic rings. The number of piperidine rings is 2. The number of carbonyl (C=O) groups excluding carboxylic acids is 1. The second kappa shape index (κ2) is 9.93. The van der Waals surface area contributed by atoms with Crippen molar-refractivity contribution in [2.45, 2.75) is 64.7 Å². The Hall–Kier alpha value is -1.63. The third-order valence-corrected chi connectivity index (χ3v) is 8.35. The Labute approximate surface area is 198 Å². The molecule has 4 aliphatic rings. The highest BCUT2D eigenvalue weighted by molar-refractivity contribution is 5.77. The maximum Gasteiger partial charge on any atom is 0.225 e. The molecule has 0 N–H and O–H groups in total. The van der Waals surface area contributed by atoms with E-state index < -0.39 is 0 Å². The molecule has 5 rings (SSSR count). The van der Waals surface area contributed by atoms with Crippen LogP contribution in [0.3, 0.4) is 0 Å². The van der Waals surface area contributed by atoms with E-state index in [1.54, 1.807) is 0 Å². The van der Waals surface area contributed by atoms with Crippen LogP contribution < -0.4 is 4.74 Å². The van der Waals surface area contributed by atoms with Gasteiger partial charge in [0, 0.05) is 44.3 Å². The van der Waals surface area contributed by atoms with Crippen LogP contribution in [0.15, 0.2) is 24.3 Å². The Balaban J connectivity index is 1.12. The predicted molar refractivity (Wildman–Crippen MR) is 127 cm³/mol. The minimum absolute atomic E-state index is 0.0897. The van der Waals surface area contributed by atoms with E-state index in [4.69, 9.17) is 14.2 Å². The average Bonchev–Trinajstić information content (AvgIpc) is 3.42. The first-order valence-electron chi connectivity index (χ1n) is 13.0. The molecule has 182 valence electrons. The van der Waals surface area contributed by atoms with Crippen LogP contribution in [-0.2, 0) is 20.8 Å². The van der Waals surface area contributed by atoms with Crippen molar-refractivity contribution >= 4 is 5.91 Å². The first-order chi connectivity index (χ1) is 16.0. The highest BCUT2D eigenvalue weighted by atomic mass is 16.5. The summed E-state index contributed by atoms with van der Waals surface area (Å²) in [5, 5.41) is 0. The van der Waals surface area contributed by atoms with Crippen molar-refractivity contribution in [3.8, 4) is 5.75 Å². The van der Waals surface area contributed by atoms with Gasteiger partial charge in [-0.1, -0.05) is 18.2 Å². The lowest BCUT2D eigenvalue weighted by atomic mass is 9.78. The lowest BCUT2D eigenvalue weighted by Gasteiger charge is -2.39. The summed E-state index contributed by atoms with van der Waals surface area (Å²) in [6, 6.07) is 8.39.